The highest BCUT2D eigenvalue weighted by Crippen LogP contribution is 2.19. The Morgan fingerprint density at radius 1 is 1.03 bits per heavy atom. The third-order valence-electron chi connectivity index (χ3n) is 6.01. The monoisotopic (exact) mass is 468 g/mol. The van der Waals surface area contributed by atoms with Gasteiger partial charge in [-0.05, 0) is 49.6 Å². The van der Waals surface area contributed by atoms with Crippen molar-refractivity contribution in [2.45, 2.75) is 38.9 Å². The zero-order chi connectivity index (χ0) is 23.9. The summed E-state index contributed by atoms with van der Waals surface area (Å²) in [5, 5.41) is 3.00. The van der Waals surface area contributed by atoms with Gasteiger partial charge in [-0.1, -0.05) is 12.1 Å². The molecule has 0 atom stereocenters. The van der Waals surface area contributed by atoms with Crippen molar-refractivity contribution in [1.82, 2.24) is 20.0 Å². The molecule has 1 aliphatic heterocycles. The molecule has 0 spiro atoms. The first-order valence-electron chi connectivity index (χ1n) is 11.9. The number of carbonyl (C=O) groups excluding carboxylic acids is 3. The van der Waals surface area contributed by atoms with Crippen LogP contribution in [0.1, 0.15) is 41.4 Å². The molecule has 0 unspecified atom stereocenters. The molecule has 34 heavy (non-hydrogen) atoms. The molecular formula is C25H32N4O5. The van der Waals surface area contributed by atoms with Crippen molar-refractivity contribution in [3.8, 4) is 0 Å². The summed E-state index contributed by atoms with van der Waals surface area (Å²) in [6, 6.07) is 11.6. The molecule has 182 valence electrons. The third-order valence-corrected chi connectivity index (χ3v) is 6.01. The topological polar surface area (TPSA) is 95.3 Å². The summed E-state index contributed by atoms with van der Waals surface area (Å²) in [7, 11) is 0. The van der Waals surface area contributed by atoms with Crippen LogP contribution in [0.25, 0.3) is 0 Å². The predicted octanol–water partition coefficient (Wildman–Crippen LogP) is 2.47. The minimum Gasteiger partial charge on any atom is -0.468 e. The number of hydrogen-bond donors (Lipinski definition) is 1. The molecule has 9 heteroatoms. The number of benzene rings is 1. The lowest BCUT2D eigenvalue weighted by Crippen LogP contribution is -2.52. The summed E-state index contributed by atoms with van der Waals surface area (Å²) in [4.78, 5) is 42.7. The summed E-state index contributed by atoms with van der Waals surface area (Å²) in [6.45, 7) is 5.28. The molecule has 2 aliphatic rings. The zero-order valence-corrected chi connectivity index (χ0v) is 19.6. The van der Waals surface area contributed by atoms with Gasteiger partial charge in [0.05, 0.1) is 26.0 Å². The maximum Gasteiger partial charge on any atom is 0.409 e. The summed E-state index contributed by atoms with van der Waals surface area (Å²) in [6.07, 6.45) is 3.40. The fourth-order valence-electron chi connectivity index (χ4n) is 3.95. The Labute approximate surface area is 199 Å². The molecule has 0 bridgehead atoms. The average molecular weight is 469 g/mol. The van der Waals surface area contributed by atoms with E-state index in [0.29, 0.717) is 57.5 Å². The van der Waals surface area contributed by atoms with Crippen LogP contribution in [0, 0.1) is 0 Å². The van der Waals surface area contributed by atoms with Gasteiger partial charge in [0.1, 0.15) is 5.76 Å². The largest absolute Gasteiger partial charge is 0.468 e. The summed E-state index contributed by atoms with van der Waals surface area (Å²) < 4.78 is 10.6. The summed E-state index contributed by atoms with van der Waals surface area (Å²) >= 11 is 0. The van der Waals surface area contributed by atoms with Gasteiger partial charge in [0.2, 0.25) is 5.91 Å². The molecule has 2 aromatic rings. The van der Waals surface area contributed by atoms with E-state index >= 15 is 0 Å². The lowest BCUT2D eigenvalue weighted by atomic mass is 10.1. The van der Waals surface area contributed by atoms with Gasteiger partial charge in [-0.25, -0.2) is 4.79 Å². The van der Waals surface area contributed by atoms with Gasteiger partial charge in [0, 0.05) is 44.3 Å². The predicted molar refractivity (Wildman–Crippen MR) is 125 cm³/mol. The fraction of sp³-hybridized carbons (Fsp3) is 0.480. The lowest BCUT2D eigenvalue weighted by molar-refractivity contribution is -0.134. The van der Waals surface area contributed by atoms with E-state index in [0.717, 1.165) is 24.2 Å². The number of hydrogen-bond acceptors (Lipinski definition) is 6. The first kappa shape index (κ1) is 23.8. The number of furan rings is 1. The van der Waals surface area contributed by atoms with Crippen molar-refractivity contribution in [2.24, 2.45) is 0 Å². The first-order valence-corrected chi connectivity index (χ1v) is 11.9. The molecule has 1 aromatic carbocycles. The SMILES string of the molecule is CCOC(=O)N1CCN(C(=O)CN(Cc2ccc(C(=O)NC3CC3)cc2)Cc2ccco2)CC1. The van der Waals surface area contributed by atoms with E-state index in [-0.39, 0.29) is 24.5 Å². The normalized spacial score (nSPS) is 15.9. The van der Waals surface area contributed by atoms with Gasteiger partial charge in [-0.3, -0.25) is 14.5 Å². The molecule has 4 rings (SSSR count). The van der Waals surface area contributed by atoms with Crippen LogP contribution in [0.2, 0.25) is 0 Å². The highest BCUT2D eigenvalue weighted by atomic mass is 16.6. The van der Waals surface area contributed by atoms with Crippen LogP contribution in [0.15, 0.2) is 47.1 Å². The van der Waals surface area contributed by atoms with Crippen molar-refractivity contribution in [2.75, 3.05) is 39.3 Å². The fourth-order valence-corrected chi connectivity index (χ4v) is 3.95. The Hall–Kier alpha value is -3.33. The summed E-state index contributed by atoms with van der Waals surface area (Å²) in [5.41, 5.74) is 1.65. The maximum absolute atomic E-state index is 13.0. The Bertz CT molecular complexity index is 964. The minimum absolute atomic E-state index is 0.00972. The number of amides is 3. The van der Waals surface area contributed by atoms with Crippen molar-refractivity contribution in [3.63, 3.8) is 0 Å². The second-order valence-corrected chi connectivity index (χ2v) is 8.74. The van der Waals surface area contributed by atoms with Gasteiger partial charge in [0.15, 0.2) is 0 Å². The van der Waals surface area contributed by atoms with Crippen molar-refractivity contribution >= 4 is 17.9 Å². The Kier molecular flexibility index (Phi) is 7.84. The van der Waals surface area contributed by atoms with E-state index in [9.17, 15) is 14.4 Å². The average Bonchev–Trinajstić information content (AvgIpc) is 3.51. The van der Waals surface area contributed by atoms with Gasteiger partial charge in [-0.15, -0.1) is 0 Å². The van der Waals surface area contributed by atoms with E-state index in [2.05, 4.69) is 5.32 Å². The van der Waals surface area contributed by atoms with Crippen LogP contribution >= 0.6 is 0 Å². The van der Waals surface area contributed by atoms with E-state index < -0.39 is 0 Å². The van der Waals surface area contributed by atoms with Gasteiger partial charge >= 0.3 is 6.09 Å². The van der Waals surface area contributed by atoms with Crippen LogP contribution in [-0.4, -0.2) is 78.0 Å². The van der Waals surface area contributed by atoms with Gasteiger partial charge < -0.3 is 24.3 Å². The van der Waals surface area contributed by atoms with E-state index in [4.69, 9.17) is 9.15 Å². The molecule has 1 saturated carbocycles. The molecule has 1 aliphatic carbocycles. The van der Waals surface area contributed by atoms with Crippen LogP contribution in [0.5, 0.6) is 0 Å². The standard InChI is InChI=1S/C25H32N4O5/c1-2-33-25(32)29-13-11-28(12-14-29)23(30)18-27(17-22-4-3-15-34-22)16-19-5-7-20(8-6-19)24(31)26-21-9-10-21/h3-8,15,21H,2,9-14,16-18H2,1H3,(H,26,31). The number of nitrogens with one attached hydrogen (secondary N) is 1. The van der Waals surface area contributed by atoms with E-state index in [1.807, 2.05) is 41.3 Å². The van der Waals surface area contributed by atoms with E-state index in [1.165, 1.54) is 0 Å². The van der Waals surface area contributed by atoms with E-state index in [1.54, 1.807) is 23.0 Å². The van der Waals surface area contributed by atoms with Crippen LogP contribution in [-0.2, 0) is 22.6 Å². The lowest BCUT2D eigenvalue weighted by Gasteiger charge is -2.35. The minimum atomic E-state index is -0.330. The van der Waals surface area contributed by atoms with Crippen LogP contribution < -0.4 is 5.32 Å². The number of piperazine rings is 1. The molecule has 0 radical (unpaired) electrons. The second-order valence-electron chi connectivity index (χ2n) is 8.74. The molecule has 3 amide bonds. The number of rotatable bonds is 9. The van der Waals surface area contributed by atoms with Gasteiger partial charge in [0.25, 0.3) is 5.91 Å². The summed E-state index contributed by atoms with van der Waals surface area (Å²) in [5.74, 6) is 0.745. The number of nitrogens with zero attached hydrogens (tertiary/aromatic N) is 3. The quantitative estimate of drug-likeness (QED) is 0.608. The van der Waals surface area contributed by atoms with Gasteiger partial charge in [-0.2, -0.15) is 0 Å². The van der Waals surface area contributed by atoms with Crippen molar-refractivity contribution < 1.29 is 23.5 Å². The maximum atomic E-state index is 13.0. The first-order chi connectivity index (χ1) is 16.5. The highest BCUT2D eigenvalue weighted by Gasteiger charge is 2.26. The molecule has 1 N–H and O–H groups in total. The van der Waals surface area contributed by atoms with Crippen molar-refractivity contribution in [3.05, 3.63) is 59.5 Å². The van der Waals surface area contributed by atoms with Crippen LogP contribution in [0.3, 0.4) is 0 Å². The second kappa shape index (κ2) is 11.2. The molecule has 2 heterocycles. The molecular weight excluding hydrogens is 436 g/mol. The number of ether oxygens (including phenoxy) is 1. The van der Waals surface area contributed by atoms with Crippen LogP contribution in [0.4, 0.5) is 4.79 Å². The zero-order valence-electron chi connectivity index (χ0n) is 19.6. The highest BCUT2D eigenvalue weighted by molar-refractivity contribution is 5.94. The third kappa shape index (κ3) is 6.60. The molecule has 1 saturated heterocycles. The molecule has 1 aromatic heterocycles. The smallest absolute Gasteiger partial charge is 0.409 e. The Morgan fingerprint density at radius 2 is 1.74 bits per heavy atom. The Morgan fingerprint density at radius 3 is 2.35 bits per heavy atom. The number of carbonyl (C=O) groups is 3. The molecule has 2 fully saturated rings. The molecule has 9 nitrogen and oxygen atoms in total. The van der Waals surface area contributed by atoms with Crippen molar-refractivity contribution in [1.29, 1.82) is 0 Å². The Balaban J connectivity index is 1.35.